The monoisotopic (exact) mass is 280 g/mol. The van der Waals surface area contributed by atoms with Crippen molar-refractivity contribution in [3.63, 3.8) is 0 Å². The Morgan fingerprint density at radius 1 is 1.45 bits per heavy atom. The van der Waals surface area contributed by atoms with Gasteiger partial charge in [-0.3, -0.25) is 4.68 Å². The highest BCUT2D eigenvalue weighted by Crippen LogP contribution is 2.36. The van der Waals surface area contributed by atoms with E-state index in [9.17, 15) is 13.6 Å². The van der Waals surface area contributed by atoms with Gasteiger partial charge in [-0.15, -0.1) is 0 Å². The Balaban J connectivity index is 2.23. The zero-order valence-corrected chi connectivity index (χ0v) is 10.5. The highest BCUT2D eigenvalue weighted by molar-refractivity contribution is 5.87. The molecule has 1 aliphatic rings. The number of halogens is 2. The molecule has 1 aliphatic heterocycles. The molecule has 1 aromatic heterocycles. The summed E-state index contributed by atoms with van der Waals surface area (Å²) in [6, 6.07) is 2.26. The van der Waals surface area contributed by atoms with Gasteiger partial charge in [0.2, 0.25) is 0 Å². The zero-order chi connectivity index (χ0) is 14.4. The molecule has 0 amide bonds. The normalized spacial score (nSPS) is 13.2. The van der Waals surface area contributed by atoms with E-state index < -0.39 is 17.6 Å². The number of hydrogen-bond acceptors (Lipinski definition) is 3. The number of hydrogen-bond donors (Lipinski definition) is 1. The third-order valence-corrected chi connectivity index (χ3v) is 3.24. The van der Waals surface area contributed by atoms with Crippen LogP contribution in [0.3, 0.4) is 0 Å². The Kier molecular flexibility index (Phi) is 2.70. The first-order valence-corrected chi connectivity index (χ1v) is 5.90. The zero-order valence-electron chi connectivity index (χ0n) is 10.5. The summed E-state index contributed by atoms with van der Waals surface area (Å²) in [6.07, 6.45) is 0.359. The lowest BCUT2D eigenvalue weighted by Gasteiger charge is -2.08. The van der Waals surface area contributed by atoms with Gasteiger partial charge in [0.05, 0.1) is 17.9 Å². The number of nitrogens with zero attached hydrogens (tertiary/aromatic N) is 2. The van der Waals surface area contributed by atoms with E-state index in [2.05, 4.69) is 5.10 Å². The van der Waals surface area contributed by atoms with Crippen LogP contribution in [0.2, 0.25) is 0 Å². The van der Waals surface area contributed by atoms with Crippen LogP contribution in [-0.2, 0) is 13.5 Å². The van der Waals surface area contributed by atoms with E-state index in [0.717, 1.165) is 16.8 Å². The maximum Gasteiger partial charge on any atom is 0.356 e. The van der Waals surface area contributed by atoms with Crippen LogP contribution in [0.4, 0.5) is 8.78 Å². The van der Waals surface area contributed by atoms with Crippen molar-refractivity contribution in [2.45, 2.75) is 6.42 Å². The summed E-state index contributed by atoms with van der Waals surface area (Å²) in [5.41, 5.74) is -0.165. The van der Waals surface area contributed by atoms with Crippen LogP contribution in [0.25, 0.3) is 11.3 Å². The van der Waals surface area contributed by atoms with Gasteiger partial charge in [-0.1, -0.05) is 0 Å². The van der Waals surface area contributed by atoms with Crippen LogP contribution in [0.5, 0.6) is 5.75 Å². The maximum absolute atomic E-state index is 14.4. The van der Waals surface area contributed by atoms with E-state index in [1.54, 1.807) is 0 Å². The van der Waals surface area contributed by atoms with Crippen LogP contribution in [-0.4, -0.2) is 27.5 Å². The lowest BCUT2D eigenvalue weighted by molar-refractivity contribution is 0.0689. The van der Waals surface area contributed by atoms with Crippen molar-refractivity contribution in [1.82, 2.24) is 9.78 Å². The summed E-state index contributed by atoms with van der Waals surface area (Å²) >= 11 is 0. The molecular formula is C13H10F2N2O3. The molecule has 2 aromatic rings. The van der Waals surface area contributed by atoms with Gasteiger partial charge in [-0.05, 0) is 6.07 Å². The van der Waals surface area contributed by atoms with Crippen LogP contribution in [0, 0.1) is 11.6 Å². The number of rotatable bonds is 2. The minimum Gasteiger partial charge on any atom is -0.493 e. The van der Waals surface area contributed by atoms with Crippen LogP contribution < -0.4 is 4.74 Å². The van der Waals surface area contributed by atoms with Gasteiger partial charge in [0.15, 0.2) is 5.69 Å². The van der Waals surface area contributed by atoms with Gasteiger partial charge in [-0.25, -0.2) is 13.6 Å². The molecular weight excluding hydrogens is 270 g/mol. The number of aromatic carboxylic acids is 1. The molecule has 0 aliphatic carbocycles. The highest BCUT2D eigenvalue weighted by atomic mass is 19.1. The lowest BCUT2D eigenvalue weighted by Crippen LogP contribution is -2.01. The Hall–Kier alpha value is -2.44. The predicted octanol–water partition coefficient (Wildman–Crippen LogP) is 2.00. The van der Waals surface area contributed by atoms with Gasteiger partial charge in [0.25, 0.3) is 0 Å². The van der Waals surface area contributed by atoms with E-state index in [1.165, 1.54) is 7.05 Å². The number of carbonyl (C=O) groups is 1. The number of carboxylic acids is 1. The summed E-state index contributed by atoms with van der Waals surface area (Å²) in [6.45, 7) is 0.306. The summed E-state index contributed by atoms with van der Waals surface area (Å²) in [5.74, 6) is -2.58. The molecule has 1 N–H and O–H groups in total. The van der Waals surface area contributed by atoms with Crippen molar-refractivity contribution in [3.8, 4) is 17.0 Å². The van der Waals surface area contributed by atoms with Crippen molar-refractivity contribution >= 4 is 5.97 Å². The van der Waals surface area contributed by atoms with Crippen LogP contribution in [0.15, 0.2) is 12.1 Å². The number of carboxylic acid groups (broad SMARTS) is 1. The Morgan fingerprint density at radius 2 is 2.20 bits per heavy atom. The average Bonchev–Trinajstić information content (AvgIpc) is 2.97. The minimum absolute atomic E-state index is 0.0760. The molecule has 0 bridgehead atoms. The fourth-order valence-corrected chi connectivity index (χ4v) is 2.30. The standard InChI is InChI=1S/C13H10F2N2O3/c1-17-9(5-8(16-17)13(18)19)11-7(14)4-10-6(12(11)15)2-3-20-10/h4-5H,2-3H2,1H3,(H,18,19). The third kappa shape index (κ3) is 1.74. The van der Waals surface area contributed by atoms with E-state index in [-0.39, 0.29) is 22.7 Å². The largest absolute Gasteiger partial charge is 0.493 e. The summed E-state index contributed by atoms with van der Waals surface area (Å²) < 4.78 is 34.7. The van der Waals surface area contributed by atoms with Crippen LogP contribution >= 0.6 is 0 Å². The summed E-state index contributed by atoms with van der Waals surface area (Å²) in [4.78, 5) is 10.9. The van der Waals surface area contributed by atoms with Crippen LogP contribution in [0.1, 0.15) is 16.1 Å². The summed E-state index contributed by atoms with van der Waals surface area (Å²) in [7, 11) is 1.43. The Bertz CT molecular complexity index is 725. The first-order valence-electron chi connectivity index (χ1n) is 5.90. The van der Waals surface area contributed by atoms with Crippen molar-refractivity contribution in [1.29, 1.82) is 0 Å². The van der Waals surface area contributed by atoms with E-state index >= 15 is 0 Å². The highest BCUT2D eigenvalue weighted by Gasteiger charge is 2.26. The van der Waals surface area contributed by atoms with E-state index in [4.69, 9.17) is 9.84 Å². The molecule has 1 aromatic carbocycles. The molecule has 0 saturated carbocycles. The fraction of sp³-hybridized carbons (Fsp3) is 0.231. The quantitative estimate of drug-likeness (QED) is 0.913. The minimum atomic E-state index is -1.25. The van der Waals surface area contributed by atoms with Crippen molar-refractivity contribution in [2.24, 2.45) is 7.05 Å². The van der Waals surface area contributed by atoms with Crippen molar-refractivity contribution < 1.29 is 23.4 Å². The molecule has 20 heavy (non-hydrogen) atoms. The second kappa shape index (κ2) is 4.29. The maximum atomic E-state index is 14.4. The smallest absolute Gasteiger partial charge is 0.356 e. The Labute approximate surface area is 112 Å². The van der Waals surface area contributed by atoms with Gasteiger partial charge >= 0.3 is 5.97 Å². The van der Waals surface area contributed by atoms with E-state index in [1.807, 2.05) is 0 Å². The average molecular weight is 280 g/mol. The molecule has 0 unspecified atom stereocenters. The van der Waals surface area contributed by atoms with Gasteiger partial charge < -0.3 is 9.84 Å². The van der Waals surface area contributed by atoms with Gasteiger partial charge in [0.1, 0.15) is 17.4 Å². The number of aryl methyl sites for hydroxylation is 1. The molecule has 104 valence electrons. The predicted molar refractivity (Wildman–Crippen MR) is 64.7 cm³/mol. The fourth-order valence-electron chi connectivity index (χ4n) is 2.30. The Morgan fingerprint density at radius 3 is 2.85 bits per heavy atom. The molecule has 7 heteroatoms. The second-order valence-corrected chi connectivity index (χ2v) is 4.47. The number of benzene rings is 1. The van der Waals surface area contributed by atoms with Crippen molar-refractivity contribution in [2.75, 3.05) is 6.61 Å². The molecule has 0 radical (unpaired) electrons. The van der Waals surface area contributed by atoms with Crippen molar-refractivity contribution in [3.05, 3.63) is 35.0 Å². The third-order valence-electron chi connectivity index (χ3n) is 3.24. The molecule has 0 spiro atoms. The molecule has 0 fully saturated rings. The van der Waals surface area contributed by atoms with Gasteiger partial charge in [-0.2, -0.15) is 5.10 Å². The number of ether oxygens (including phenoxy) is 1. The van der Waals surface area contributed by atoms with E-state index in [0.29, 0.717) is 18.6 Å². The lowest BCUT2D eigenvalue weighted by atomic mass is 10.0. The first kappa shape index (κ1) is 12.6. The number of fused-ring (bicyclic) bond motifs is 1. The molecule has 2 heterocycles. The second-order valence-electron chi connectivity index (χ2n) is 4.47. The molecule has 0 saturated heterocycles. The number of aromatic nitrogens is 2. The molecule has 0 atom stereocenters. The molecule has 5 nitrogen and oxygen atoms in total. The topological polar surface area (TPSA) is 64.4 Å². The SMILES string of the molecule is Cn1nc(C(=O)O)cc1-c1c(F)cc2c(c1F)CCO2. The summed E-state index contributed by atoms with van der Waals surface area (Å²) in [5, 5.41) is 12.6. The molecule has 3 rings (SSSR count). The first-order chi connectivity index (χ1) is 9.49. The van der Waals surface area contributed by atoms with Gasteiger partial charge in [0, 0.05) is 25.1 Å².